The van der Waals surface area contributed by atoms with E-state index in [1.165, 1.54) is 0 Å². The minimum Gasteiger partial charge on any atom is -0.497 e. The summed E-state index contributed by atoms with van der Waals surface area (Å²) in [6.45, 7) is -2.21. The zero-order valence-electron chi connectivity index (χ0n) is 12.6. The van der Waals surface area contributed by atoms with Crippen molar-refractivity contribution in [3.05, 3.63) is 66.2 Å². The van der Waals surface area contributed by atoms with E-state index in [1.807, 2.05) is 18.2 Å². The highest BCUT2D eigenvalue weighted by molar-refractivity contribution is 5.52. The maximum absolute atomic E-state index is 7.66. The van der Waals surface area contributed by atoms with Crippen molar-refractivity contribution in [2.24, 2.45) is 0 Å². The van der Waals surface area contributed by atoms with Crippen molar-refractivity contribution in [1.82, 2.24) is 0 Å². The lowest BCUT2D eigenvalue weighted by atomic mass is 10.1. The van der Waals surface area contributed by atoms with Crippen LogP contribution in [-0.2, 0) is 0 Å². The third-order valence-corrected chi connectivity index (χ3v) is 2.42. The molecule has 0 aliphatic heterocycles. The van der Waals surface area contributed by atoms with Gasteiger partial charge in [0.2, 0.25) is 0 Å². The normalized spacial score (nSPS) is 13.6. The average molecular weight is 229 g/mol. The molecule has 0 saturated heterocycles. The van der Waals surface area contributed by atoms with Gasteiger partial charge in [-0.05, 0) is 36.7 Å². The first kappa shape index (κ1) is 8.18. The fourth-order valence-corrected chi connectivity index (χ4v) is 1.50. The molecule has 0 heterocycles. The molecule has 87 valence electrons. The Morgan fingerprint density at radius 3 is 2.35 bits per heavy atom. The third-order valence-electron chi connectivity index (χ3n) is 2.42. The minimum atomic E-state index is -2.21. The van der Waals surface area contributed by atoms with Gasteiger partial charge in [0.15, 0.2) is 0 Å². The molecular weight excluding hydrogens is 210 g/mol. The van der Waals surface area contributed by atoms with Gasteiger partial charge in [-0.1, -0.05) is 30.3 Å². The number of hydrogen-bond acceptors (Lipinski definition) is 2. The number of rotatable bonds is 4. The van der Waals surface area contributed by atoms with Crippen molar-refractivity contribution in [1.29, 1.82) is 0 Å². The lowest BCUT2D eigenvalue weighted by molar-refractivity contribution is 0.415. The predicted molar refractivity (Wildman–Crippen MR) is 71.1 cm³/mol. The summed E-state index contributed by atoms with van der Waals surface area (Å²) in [5, 5.41) is 2.99. The Morgan fingerprint density at radius 2 is 1.76 bits per heavy atom. The maximum Gasteiger partial charge on any atom is 0.119 e. The Kier molecular flexibility index (Phi) is 2.59. The second kappa shape index (κ2) is 5.39. The molecule has 0 aliphatic rings. The van der Waals surface area contributed by atoms with E-state index < -0.39 is 6.85 Å². The number of ether oxygens (including phenoxy) is 1. The second-order valence-electron chi connectivity index (χ2n) is 3.59. The molecule has 0 bridgehead atoms. The number of anilines is 1. The van der Waals surface area contributed by atoms with E-state index in [4.69, 9.17) is 8.85 Å². The van der Waals surface area contributed by atoms with E-state index in [0.717, 1.165) is 5.75 Å². The molecule has 0 saturated carbocycles. The SMILES string of the molecule is [2H]C([2H])([2H])[C](Nc1ccc(OC)cc1)c1ccccc1. The summed E-state index contributed by atoms with van der Waals surface area (Å²) >= 11 is 0. The van der Waals surface area contributed by atoms with Crippen LogP contribution in [0.25, 0.3) is 0 Å². The molecule has 2 aromatic rings. The second-order valence-corrected chi connectivity index (χ2v) is 3.59. The molecule has 2 rings (SSSR count). The van der Waals surface area contributed by atoms with Gasteiger partial charge in [-0.3, -0.25) is 0 Å². The van der Waals surface area contributed by atoms with Crippen LogP contribution >= 0.6 is 0 Å². The molecule has 1 radical (unpaired) electrons. The summed E-state index contributed by atoms with van der Waals surface area (Å²) in [4.78, 5) is 0. The van der Waals surface area contributed by atoms with E-state index in [1.54, 1.807) is 43.5 Å². The number of hydrogen-bond donors (Lipinski definition) is 1. The van der Waals surface area contributed by atoms with Crippen LogP contribution in [0, 0.1) is 6.04 Å². The summed E-state index contributed by atoms with van der Waals surface area (Å²) in [5.41, 5.74) is 1.36. The standard InChI is InChI=1S/C15H16NO/c1-12(13-6-4-3-5-7-13)16-14-8-10-15(17-2)11-9-14/h3-11,16H,1-2H3/i1D3. The smallest absolute Gasteiger partial charge is 0.119 e. The molecule has 1 N–H and O–H groups in total. The molecule has 2 heteroatoms. The number of methoxy groups -OCH3 is 1. The Labute approximate surface area is 106 Å². The lowest BCUT2D eigenvalue weighted by Crippen LogP contribution is -2.07. The third kappa shape index (κ3) is 3.00. The quantitative estimate of drug-likeness (QED) is 0.863. The first-order valence-corrected chi connectivity index (χ1v) is 5.34. The molecule has 0 spiro atoms. The Bertz CT molecular complexity index is 537. The Hall–Kier alpha value is -1.96. The Morgan fingerprint density at radius 1 is 1.06 bits per heavy atom. The van der Waals surface area contributed by atoms with Crippen LogP contribution in [0.2, 0.25) is 0 Å². The monoisotopic (exact) mass is 229 g/mol. The van der Waals surface area contributed by atoms with E-state index in [-0.39, 0.29) is 6.04 Å². The minimum absolute atomic E-state index is 0.211. The van der Waals surface area contributed by atoms with Crippen molar-refractivity contribution in [3.63, 3.8) is 0 Å². The van der Waals surface area contributed by atoms with Crippen LogP contribution < -0.4 is 10.1 Å². The highest BCUT2D eigenvalue weighted by atomic mass is 16.5. The fraction of sp³-hybridized carbons (Fsp3) is 0.133. The first-order valence-electron chi connectivity index (χ1n) is 6.84. The van der Waals surface area contributed by atoms with E-state index in [9.17, 15) is 0 Å². The zero-order chi connectivity index (χ0) is 14.6. The molecule has 0 fully saturated rings. The highest BCUT2D eigenvalue weighted by Crippen LogP contribution is 2.20. The first-order chi connectivity index (χ1) is 9.50. The van der Waals surface area contributed by atoms with Crippen molar-refractivity contribution < 1.29 is 8.85 Å². The van der Waals surface area contributed by atoms with Crippen molar-refractivity contribution >= 4 is 5.69 Å². The zero-order valence-corrected chi connectivity index (χ0v) is 9.60. The summed E-state index contributed by atoms with van der Waals surface area (Å²) in [7, 11) is 1.59. The highest BCUT2D eigenvalue weighted by Gasteiger charge is 2.05. The summed E-state index contributed by atoms with van der Waals surface area (Å²) in [6.07, 6.45) is 0. The van der Waals surface area contributed by atoms with Gasteiger partial charge in [0.05, 0.1) is 13.2 Å². The lowest BCUT2D eigenvalue weighted by Gasteiger charge is -2.14. The van der Waals surface area contributed by atoms with E-state index in [0.29, 0.717) is 11.3 Å². The van der Waals surface area contributed by atoms with E-state index in [2.05, 4.69) is 5.32 Å². The summed E-state index contributed by atoms with van der Waals surface area (Å²) in [5.74, 6) is 0.727. The number of nitrogens with one attached hydrogen (secondary N) is 1. The van der Waals surface area contributed by atoms with Crippen molar-refractivity contribution in [2.75, 3.05) is 12.4 Å². The molecule has 0 aromatic heterocycles. The molecular formula is C15H16NO. The van der Waals surface area contributed by atoms with Gasteiger partial charge in [-0.25, -0.2) is 0 Å². The van der Waals surface area contributed by atoms with Gasteiger partial charge in [0, 0.05) is 9.80 Å². The Balaban J connectivity index is 2.24. The molecule has 17 heavy (non-hydrogen) atoms. The topological polar surface area (TPSA) is 21.3 Å². The molecule has 0 atom stereocenters. The van der Waals surface area contributed by atoms with Gasteiger partial charge in [0.25, 0.3) is 0 Å². The van der Waals surface area contributed by atoms with Gasteiger partial charge < -0.3 is 10.1 Å². The molecule has 2 aromatic carbocycles. The van der Waals surface area contributed by atoms with Crippen LogP contribution in [-0.4, -0.2) is 7.11 Å². The van der Waals surface area contributed by atoms with Gasteiger partial charge >= 0.3 is 0 Å². The predicted octanol–water partition coefficient (Wildman–Crippen LogP) is 3.71. The average Bonchev–Trinajstić information content (AvgIpc) is 2.45. The molecule has 0 amide bonds. The molecule has 2 nitrogen and oxygen atoms in total. The fourth-order valence-electron chi connectivity index (χ4n) is 1.50. The van der Waals surface area contributed by atoms with Crippen LogP contribution in [0.1, 0.15) is 16.5 Å². The van der Waals surface area contributed by atoms with E-state index >= 15 is 0 Å². The largest absolute Gasteiger partial charge is 0.497 e. The van der Waals surface area contributed by atoms with Crippen LogP contribution in [0.4, 0.5) is 5.69 Å². The van der Waals surface area contributed by atoms with Crippen molar-refractivity contribution in [2.45, 2.75) is 6.85 Å². The van der Waals surface area contributed by atoms with Crippen molar-refractivity contribution in [3.8, 4) is 5.75 Å². The molecule has 0 aliphatic carbocycles. The van der Waals surface area contributed by atoms with Gasteiger partial charge in [-0.2, -0.15) is 0 Å². The van der Waals surface area contributed by atoms with Crippen LogP contribution in [0.3, 0.4) is 0 Å². The van der Waals surface area contributed by atoms with Crippen LogP contribution in [0.5, 0.6) is 5.75 Å². The maximum atomic E-state index is 7.66. The number of benzene rings is 2. The van der Waals surface area contributed by atoms with Crippen LogP contribution in [0.15, 0.2) is 54.6 Å². The van der Waals surface area contributed by atoms with Gasteiger partial charge in [-0.15, -0.1) is 0 Å². The summed E-state index contributed by atoms with van der Waals surface area (Å²) in [6, 6.07) is 16.4. The summed E-state index contributed by atoms with van der Waals surface area (Å²) < 4.78 is 28.1. The van der Waals surface area contributed by atoms with Gasteiger partial charge in [0.1, 0.15) is 5.75 Å². The molecule has 0 unspecified atom stereocenters.